The summed E-state index contributed by atoms with van der Waals surface area (Å²) in [5.74, 6) is -1.05. The number of fused-ring (bicyclic) bond motifs is 1. The van der Waals surface area contributed by atoms with Gasteiger partial charge in [0.15, 0.2) is 0 Å². The average Bonchev–Trinajstić information content (AvgIpc) is 3.21. The van der Waals surface area contributed by atoms with Crippen LogP contribution in [-0.4, -0.2) is 41.9 Å². The number of nitrogens with zero attached hydrogens (tertiary/aromatic N) is 1. The molecule has 0 saturated carbocycles. The second-order valence-electron chi connectivity index (χ2n) is 8.11. The quantitative estimate of drug-likeness (QED) is 0.583. The Labute approximate surface area is 182 Å². The summed E-state index contributed by atoms with van der Waals surface area (Å²) in [7, 11) is 0. The van der Waals surface area contributed by atoms with Gasteiger partial charge < -0.3 is 15.0 Å². The molecule has 0 spiro atoms. The zero-order valence-corrected chi connectivity index (χ0v) is 18.1. The van der Waals surface area contributed by atoms with E-state index in [0.717, 1.165) is 18.4 Å². The molecule has 3 atom stereocenters. The van der Waals surface area contributed by atoms with Crippen LogP contribution in [0.1, 0.15) is 44.6 Å². The standard InChI is InChI=1S/C23H29ClN2O4/c1-16-5-2-3-6-18(13-21(27)25-14-17-8-10-19(24)11-9-17)22(28)26-12-4-7-20(26)15-30-23(16)29/h2-3,8-11,16,18,20H,4-7,12-15H2,1H3,(H,25,27)/b3-2+/t16-,18+,20+/m1/s1. The Kier molecular flexibility index (Phi) is 7.91. The second-order valence-corrected chi connectivity index (χ2v) is 8.54. The minimum absolute atomic E-state index is 0.0338. The molecule has 0 unspecified atom stereocenters. The maximum absolute atomic E-state index is 13.2. The summed E-state index contributed by atoms with van der Waals surface area (Å²) in [4.78, 5) is 39.6. The van der Waals surface area contributed by atoms with Crippen molar-refractivity contribution in [1.29, 1.82) is 0 Å². The predicted molar refractivity (Wildman–Crippen MR) is 115 cm³/mol. The molecule has 1 N–H and O–H groups in total. The summed E-state index contributed by atoms with van der Waals surface area (Å²) in [6.45, 7) is 3.11. The van der Waals surface area contributed by atoms with Crippen LogP contribution in [0.3, 0.4) is 0 Å². The van der Waals surface area contributed by atoms with Crippen molar-refractivity contribution >= 4 is 29.4 Å². The Hall–Kier alpha value is -2.34. The molecule has 1 aromatic carbocycles. The summed E-state index contributed by atoms with van der Waals surface area (Å²) < 4.78 is 5.45. The number of nitrogens with one attached hydrogen (secondary N) is 1. The third-order valence-corrected chi connectivity index (χ3v) is 5.99. The number of halogens is 1. The molecular weight excluding hydrogens is 404 g/mol. The molecule has 7 heteroatoms. The fourth-order valence-electron chi connectivity index (χ4n) is 3.88. The summed E-state index contributed by atoms with van der Waals surface area (Å²) in [6, 6.07) is 7.20. The van der Waals surface area contributed by atoms with Crippen molar-refractivity contribution in [3.63, 3.8) is 0 Å². The first-order chi connectivity index (χ1) is 14.4. The van der Waals surface area contributed by atoms with E-state index in [1.165, 1.54) is 0 Å². The number of benzene rings is 1. The summed E-state index contributed by atoms with van der Waals surface area (Å²) in [5, 5.41) is 3.55. The van der Waals surface area contributed by atoms with Crippen molar-refractivity contribution in [2.24, 2.45) is 11.8 Å². The Morgan fingerprint density at radius 1 is 1.20 bits per heavy atom. The third-order valence-electron chi connectivity index (χ3n) is 5.74. The molecule has 2 amide bonds. The number of cyclic esters (lactones) is 1. The largest absolute Gasteiger partial charge is 0.463 e. The Bertz CT molecular complexity index is 793. The monoisotopic (exact) mass is 432 g/mol. The number of carbonyl (C=O) groups is 3. The number of esters is 1. The van der Waals surface area contributed by atoms with E-state index in [0.29, 0.717) is 31.0 Å². The molecule has 1 saturated heterocycles. The summed E-state index contributed by atoms with van der Waals surface area (Å²) in [5.41, 5.74) is 0.952. The van der Waals surface area contributed by atoms with Gasteiger partial charge in [-0.3, -0.25) is 14.4 Å². The molecule has 0 aliphatic carbocycles. The van der Waals surface area contributed by atoms with Gasteiger partial charge in [-0.2, -0.15) is 0 Å². The van der Waals surface area contributed by atoms with Crippen LogP contribution in [-0.2, 0) is 25.7 Å². The summed E-state index contributed by atoms with van der Waals surface area (Å²) in [6.07, 6.45) is 6.70. The molecule has 0 radical (unpaired) electrons. The van der Waals surface area contributed by atoms with Gasteiger partial charge in [0.25, 0.3) is 0 Å². The lowest BCUT2D eigenvalue weighted by Crippen LogP contribution is -2.43. The molecule has 1 aromatic rings. The number of hydrogen-bond acceptors (Lipinski definition) is 4. The Morgan fingerprint density at radius 2 is 1.93 bits per heavy atom. The Morgan fingerprint density at radius 3 is 2.70 bits per heavy atom. The predicted octanol–water partition coefficient (Wildman–Crippen LogP) is 3.48. The van der Waals surface area contributed by atoms with Crippen molar-refractivity contribution in [2.75, 3.05) is 13.2 Å². The molecule has 0 aromatic heterocycles. The molecule has 3 rings (SSSR count). The highest BCUT2D eigenvalue weighted by Crippen LogP contribution is 2.24. The lowest BCUT2D eigenvalue weighted by Gasteiger charge is -2.29. The maximum atomic E-state index is 13.2. The summed E-state index contributed by atoms with van der Waals surface area (Å²) >= 11 is 5.89. The number of amides is 2. The molecule has 30 heavy (non-hydrogen) atoms. The number of ether oxygens (including phenoxy) is 1. The van der Waals surface area contributed by atoms with Gasteiger partial charge in [0, 0.05) is 24.5 Å². The van der Waals surface area contributed by atoms with Crippen molar-refractivity contribution in [1.82, 2.24) is 10.2 Å². The minimum atomic E-state index is -0.419. The zero-order chi connectivity index (χ0) is 21.5. The van der Waals surface area contributed by atoms with Crippen LogP contribution in [0, 0.1) is 11.8 Å². The van der Waals surface area contributed by atoms with Gasteiger partial charge in [-0.15, -0.1) is 0 Å². The van der Waals surface area contributed by atoms with Crippen molar-refractivity contribution in [3.8, 4) is 0 Å². The highest BCUT2D eigenvalue weighted by atomic mass is 35.5. The van der Waals surface area contributed by atoms with E-state index in [1.807, 2.05) is 31.2 Å². The Balaban J connectivity index is 1.65. The highest BCUT2D eigenvalue weighted by Gasteiger charge is 2.34. The first-order valence-corrected chi connectivity index (χ1v) is 10.9. The molecule has 162 valence electrons. The zero-order valence-electron chi connectivity index (χ0n) is 17.3. The van der Waals surface area contributed by atoms with E-state index in [2.05, 4.69) is 5.32 Å². The first kappa shape index (κ1) is 22.3. The van der Waals surface area contributed by atoms with Crippen molar-refractivity contribution < 1.29 is 19.1 Å². The number of rotatable bonds is 4. The number of carbonyl (C=O) groups excluding carboxylic acids is 3. The molecule has 6 nitrogen and oxygen atoms in total. The minimum Gasteiger partial charge on any atom is -0.463 e. The van der Waals surface area contributed by atoms with E-state index in [9.17, 15) is 14.4 Å². The molecule has 2 aliphatic heterocycles. The number of allylic oxidation sites excluding steroid dienone is 2. The molecule has 2 aliphatic rings. The van der Waals surface area contributed by atoms with E-state index in [-0.39, 0.29) is 42.8 Å². The van der Waals surface area contributed by atoms with E-state index >= 15 is 0 Å². The van der Waals surface area contributed by atoms with Crippen LogP contribution >= 0.6 is 11.6 Å². The maximum Gasteiger partial charge on any atom is 0.309 e. The van der Waals surface area contributed by atoms with Crippen LogP contribution in [0.2, 0.25) is 5.02 Å². The lowest BCUT2D eigenvalue weighted by molar-refractivity contribution is -0.152. The van der Waals surface area contributed by atoms with Gasteiger partial charge in [0.05, 0.1) is 17.9 Å². The van der Waals surface area contributed by atoms with Gasteiger partial charge in [-0.1, -0.05) is 42.8 Å². The molecule has 1 fully saturated rings. The van der Waals surface area contributed by atoms with Gasteiger partial charge in [0.2, 0.25) is 11.8 Å². The van der Waals surface area contributed by atoms with E-state index < -0.39 is 5.92 Å². The smallest absolute Gasteiger partial charge is 0.309 e. The van der Waals surface area contributed by atoms with E-state index in [1.54, 1.807) is 17.0 Å². The van der Waals surface area contributed by atoms with Crippen LogP contribution in [0.25, 0.3) is 0 Å². The average molecular weight is 433 g/mol. The molecule has 0 bridgehead atoms. The lowest BCUT2D eigenvalue weighted by atomic mass is 9.97. The van der Waals surface area contributed by atoms with Crippen molar-refractivity contribution in [2.45, 2.75) is 51.6 Å². The van der Waals surface area contributed by atoms with Crippen LogP contribution in [0.15, 0.2) is 36.4 Å². The third kappa shape index (κ3) is 6.08. The van der Waals surface area contributed by atoms with Gasteiger partial charge in [-0.05, 0) is 43.4 Å². The van der Waals surface area contributed by atoms with E-state index in [4.69, 9.17) is 16.3 Å². The van der Waals surface area contributed by atoms with Gasteiger partial charge >= 0.3 is 5.97 Å². The molecular formula is C23H29ClN2O4. The van der Waals surface area contributed by atoms with Gasteiger partial charge in [-0.25, -0.2) is 0 Å². The normalized spacial score (nSPS) is 26.2. The first-order valence-electron chi connectivity index (χ1n) is 10.6. The van der Waals surface area contributed by atoms with Crippen LogP contribution in [0.4, 0.5) is 0 Å². The van der Waals surface area contributed by atoms with Crippen molar-refractivity contribution in [3.05, 3.63) is 47.0 Å². The fourth-order valence-corrected chi connectivity index (χ4v) is 4.01. The van der Waals surface area contributed by atoms with Crippen LogP contribution < -0.4 is 5.32 Å². The fraction of sp³-hybridized carbons (Fsp3) is 0.522. The van der Waals surface area contributed by atoms with Crippen LogP contribution in [0.5, 0.6) is 0 Å². The highest BCUT2D eigenvalue weighted by molar-refractivity contribution is 6.30. The topological polar surface area (TPSA) is 75.7 Å². The number of hydrogen-bond donors (Lipinski definition) is 1. The molecule has 2 heterocycles. The second kappa shape index (κ2) is 10.6. The van der Waals surface area contributed by atoms with Gasteiger partial charge in [0.1, 0.15) is 6.61 Å². The SMILES string of the molecule is C[C@@H]1C/C=C/C[C@@H](CC(=O)NCc2ccc(Cl)cc2)C(=O)N2CCC[C@H]2COC1=O.